The average molecular weight is 1300 g/mol. The van der Waals surface area contributed by atoms with Crippen LogP contribution < -0.4 is 30.5 Å². The lowest BCUT2D eigenvalue weighted by molar-refractivity contribution is -0.145. The Bertz CT molecular complexity index is 3420. The third-order valence-electron chi connectivity index (χ3n) is 18.1. The number of piperazine rings is 2. The van der Waals surface area contributed by atoms with Crippen molar-refractivity contribution in [3.05, 3.63) is 100 Å². The molecule has 4 aliphatic rings. The second-order valence-electron chi connectivity index (χ2n) is 26.1. The number of β-amino-alcohol motifs (C(OH)–C–C–N with tert-alkyl or cyclic N) is 1. The van der Waals surface area contributed by atoms with Crippen LogP contribution >= 0.6 is 11.3 Å². The molecule has 498 valence electrons. The van der Waals surface area contributed by atoms with Gasteiger partial charge in [0.05, 0.1) is 51.3 Å². The summed E-state index contributed by atoms with van der Waals surface area (Å²) in [6.45, 7) is 14.5. The highest BCUT2D eigenvalue weighted by Crippen LogP contribution is 2.42. The monoisotopic (exact) mass is 1300 g/mol. The lowest BCUT2D eigenvalue weighted by Gasteiger charge is -2.44. The molecule has 0 unspecified atom stereocenters. The second kappa shape index (κ2) is 29.7. The van der Waals surface area contributed by atoms with Gasteiger partial charge in [-0.25, -0.2) is 28.1 Å². The minimum Gasteiger partial charge on any atom is -0.493 e. The minimum absolute atomic E-state index is 0.0101. The summed E-state index contributed by atoms with van der Waals surface area (Å²) in [6.07, 6.45) is 6.36. The number of aryl methyl sites for hydroxylation is 1. The van der Waals surface area contributed by atoms with E-state index >= 15 is 4.39 Å². The van der Waals surface area contributed by atoms with Gasteiger partial charge in [0.15, 0.2) is 5.67 Å². The van der Waals surface area contributed by atoms with Crippen LogP contribution in [0.2, 0.25) is 0 Å². The Balaban J connectivity index is 0.688. The number of ether oxygens (including phenoxy) is 1. The molecule has 3 saturated heterocycles. The van der Waals surface area contributed by atoms with Crippen molar-refractivity contribution < 1.29 is 60.2 Å². The summed E-state index contributed by atoms with van der Waals surface area (Å²) in [4.78, 5) is 91.0. The van der Waals surface area contributed by atoms with Gasteiger partial charge in [0, 0.05) is 106 Å². The summed E-state index contributed by atoms with van der Waals surface area (Å²) in [5.74, 6) is -3.71. The minimum atomic E-state index is -5.02. The Morgan fingerprint density at radius 2 is 1.46 bits per heavy atom. The highest BCUT2D eigenvalue weighted by molar-refractivity contribution is 7.13. The molecule has 1 aliphatic carbocycles. The van der Waals surface area contributed by atoms with E-state index < -0.39 is 81.8 Å². The lowest BCUT2D eigenvalue weighted by atomic mass is 9.85. The van der Waals surface area contributed by atoms with E-state index in [2.05, 4.69) is 35.8 Å². The van der Waals surface area contributed by atoms with Gasteiger partial charge in [-0.2, -0.15) is 13.2 Å². The molecule has 0 spiro atoms. The van der Waals surface area contributed by atoms with Crippen molar-refractivity contribution in [2.75, 3.05) is 74.6 Å². The first-order valence-corrected chi connectivity index (χ1v) is 32.8. The number of rotatable bonds is 25. The summed E-state index contributed by atoms with van der Waals surface area (Å²) in [5.41, 5.74) is -0.0474. The molecule has 2 aromatic heterocycles. The molecule has 25 heteroatoms. The third kappa shape index (κ3) is 17.1. The number of likely N-dealkylation sites (tertiary alicyclic amines) is 1. The van der Waals surface area contributed by atoms with Crippen molar-refractivity contribution >= 4 is 58.2 Å². The zero-order valence-electron chi connectivity index (χ0n) is 53.4. The van der Waals surface area contributed by atoms with E-state index in [4.69, 9.17) is 4.74 Å². The molecule has 9 rings (SSSR count). The molecule has 18 nitrogen and oxygen atoms in total. The third-order valence-corrected chi connectivity index (χ3v) is 19.1. The van der Waals surface area contributed by atoms with Crippen LogP contribution in [0.1, 0.15) is 145 Å². The van der Waals surface area contributed by atoms with Gasteiger partial charge in [-0.3, -0.25) is 28.9 Å². The van der Waals surface area contributed by atoms with E-state index in [9.17, 15) is 51.0 Å². The van der Waals surface area contributed by atoms with Crippen LogP contribution in [-0.4, -0.2) is 160 Å². The highest BCUT2D eigenvalue weighted by Gasteiger charge is 2.53. The van der Waals surface area contributed by atoms with Gasteiger partial charge in [-0.05, 0) is 101 Å². The van der Waals surface area contributed by atoms with Gasteiger partial charge < -0.3 is 45.4 Å². The van der Waals surface area contributed by atoms with Crippen molar-refractivity contribution in [1.82, 2.24) is 40.3 Å². The number of aliphatic hydroxyl groups is 1. The quantitative estimate of drug-likeness (QED) is 0.0317. The van der Waals surface area contributed by atoms with Crippen LogP contribution in [-0.2, 0) is 31.9 Å². The number of aromatic nitrogens is 3. The average Bonchev–Trinajstić information content (AvgIpc) is 1.20. The number of likely N-dealkylation sites (N-methyl/N-ethyl adjacent to an activating group) is 1. The van der Waals surface area contributed by atoms with Gasteiger partial charge in [0.2, 0.25) is 23.7 Å². The summed E-state index contributed by atoms with van der Waals surface area (Å²) in [6, 6.07) is 8.20. The Hall–Kier alpha value is -7.38. The van der Waals surface area contributed by atoms with Gasteiger partial charge >= 0.3 is 6.18 Å². The predicted molar refractivity (Wildman–Crippen MR) is 341 cm³/mol. The topological polar surface area (TPSA) is 206 Å². The van der Waals surface area contributed by atoms with E-state index in [-0.39, 0.29) is 78.9 Å². The number of carbonyl (C=O) groups is 5. The van der Waals surface area contributed by atoms with Crippen molar-refractivity contribution in [2.45, 2.75) is 174 Å². The van der Waals surface area contributed by atoms with Crippen LogP contribution in [0.4, 0.5) is 43.7 Å². The molecule has 5 atom stereocenters. The lowest BCUT2D eigenvalue weighted by Crippen LogP contribution is -2.59. The molecule has 1 saturated carbocycles. The first-order valence-electron chi connectivity index (χ1n) is 31.9. The number of unbranched alkanes of at least 4 members (excludes halogenated alkanes) is 8. The van der Waals surface area contributed by atoms with Crippen molar-refractivity contribution in [2.24, 2.45) is 5.41 Å². The van der Waals surface area contributed by atoms with Crippen LogP contribution in [0.25, 0.3) is 21.6 Å². The summed E-state index contributed by atoms with van der Waals surface area (Å²) >= 11 is 1.52. The maximum absolute atomic E-state index is 16.2. The number of aliphatic hydroxyl groups excluding tert-OH is 1. The number of nitrogens with zero attached hydrogens (tertiary/aromatic N) is 8. The fourth-order valence-corrected chi connectivity index (χ4v) is 13.0. The first-order chi connectivity index (χ1) is 43.7. The molecule has 3 aromatic carbocycles. The maximum atomic E-state index is 16.2. The summed E-state index contributed by atoms with van der Waals surface area (Å²) in [7, 11) is 1.97. The molecule has 4 N–H and O–H groups in total. The van der Waals surface area contributed by atoms with E-state index in [0.29, 0.717) is 64.0 Å². The normalized spacial score (nSPS) is 19.6. The van der Waals surface area contributed by atoms with Gasteiger partial charge in [0.25, 0.3) is 11.8 Å². The fourth-order valence-electron chi connectivity index (χ4n) is 12.2. The van der Waals surface area contributed by atoms with Crippen LogP contribution in [0.5, 0.6) is 5.75 Å². The van der Waals surface area contributed by atoms with Crippen LogP contribution in [0.3, 0.4) is 0 Å². The Morgan fingerprint density at radius 1 is 0.804 bits per heavy atom. The SMILES string of the molecule is Cc1ncsc1-c1ccc(CNC(=O)[C@@H]2C[C@@H](O)CN2C(=O)[C@@H](NC(=O)C2(F)CC2)C(C)(C)C)c(OCCCCCCCCCCCC(=O)N2CCN(c3ncc(-c4cc(NC(=O)c5ccc(F)cc5C(F)(F)F)c(N5C[C@@H](C)N(C)[C@@H](C)C5)cc4F)cn3)CC2)c1. The number of halogens is 6. The number of thiazole rings is 1. The van der Waals surface area contributed by atoms with Crippen molar-refractivity contribution in [1.29, 1.82) is 0 Å². The fraction of sp³-hybridized carbons (Fsp3) is 0.552. The van der Waals surface area contributed by atoms with Gasteiger partial charge in [-0.15, -0.1) is 11.3 Å². The van der Waals surface area contributed by atoms with E-state index in [1.807, 2.05) is 60.7 Å². The summed E-state index contributed by atoms with van der Waals surface area (Å²) in [5, 5.41) is 18.8. The molecule has 5 amide bonds. The highest BCUT2D eigenvalue weighted by atomic mass is 32.1. The number of amides is 5. The first kappa shape index (κ1) is 69.0. The predicted octanol–water partition coefficient (Wildman–Crippen LogP) is 10.9. The van der Waals surface area contributed by atoms with Gasteiger partial charge in [-0.1, -0.05) is 77.8 Å². The van der Waals surface area contributed by atoms with Crippen LogP contribution in [0.15, 0.2) is 66.4 Å². The molecule has 5 aromatic rings. The Morgan fingerprint density at radius 3 is 2.08 bits per heavy atom. The second-order valence-corrected chi connectivity index (χ2v) is 27.0. The standard InChI is InChI=1S/C67H85F6N11O7S/c1-41-37-83(38-42(2)80(41)7)54-33-52(69)50(32-53(54)78-60(87)49-21-20-47(68)30-51(49)67(71,72)73)46-35-75-64(76-36-46)82-26-24-81(25-27-82)57(86)17-15-13-11-9-8-10-12-14-16-28-91-56-29-44(58-43(3)77-40-92-58)18-19-45(56)34-74-61(88)55-31-48(85)39-84(55)62(89)59(65(4,5)6)79-63(90)66(70)22-23-66/h18-21,29-30,32-33,35-36,40-42,48,55,59,85H,8-17,22-28,31,34,37-39H2,1-7H3,(H,74,88)(H,78,87)(H,79,90)/t41-,42+,48-,55+,59-/m1/s1. The maximum Gasteiger partial charge on any atom is 0.417 e. The van der Waals surface area contributed by atoms with E-state index in [1.165, 1.54) is 40.8 Å². The molecule has 0 radical (unpaired) electrons. The number of alkyl halides is 4. The molecular formula is C67H85F6N11O7S. The number of hydrogen-bond donors (Lipinski definition) is 4. The van der Waals surface area contributed by atoms with E-state index in [0.717, 1.165) is 91.6 Å². The van der Waals surface area contributed by atoms with Gasteiger partial charge in [0.1, 0.15) is 29.5 Å². The zero-order valence-corrected chi connectivity index (χ0v) is 54.3. The largest absolute Gasteiger partial charge is 0.493 e. The number of carbonyl (C=O) groups excluding carboxylic acids is 5. The van der Waals surface area contributed by atoms with Crippen LogP contribution in [0, 0.1) is 24.0 Å². The number of nitrogens with one attached hydrogen (secondary N) is 3. The summed E-state index contributed by atoms with van der Waals surface area (Å²) < 4.78 is 93.3. The Kier molecular flexibility index (Phi) is 22.3. The zero-order chi connectivity index (χ0) is 66.2. The Labute approximate surface area is 537 Å². The molecule has 3 aliphatic heterocycles. The number of hydrogen-bond acceptors (Lipinski definition) is 14. The van der Waals surface area contributed by atoms with Crippen molar-refractivity contribution in [3.63, 3.8) is 0 Å². The number of anilines is 3. The molecular weight excluding hydrogens is 1220 g/mol. The number of benzene rings is 3. The van der Waals surface area contributed by atoms with Crippen molar-refractivity contribution in [3.8, 4) is 27.3 Å². The molecule has 4 fully saturated rings. The van der Waals surface area contributed by atoms with E-state index in [1.54, 1.807) is 26.3 Å². The smallest absolute Gasteiger partial charge is 0.417 e. The molecule has 5 heterocycles. The molecule has 0 bridgehead atoms. The molecule has 92 heavy (non-hydrogen) atoms.